The molecule has 0 atom stereocenters. The Balaban J connectivity index is 1.58. The van der Waals surface area contributed by atoms with Crippen molar-refractivity contribution in [2.75, 3.05) is 6.54 Å². The number of nitrogens with one attached hydrogen (secondary N) is 2. The lowest BCUT2D eigenvalue weighted by Gasteiger charge is -2.31. The van der Waals surface area contributed by atoms with E-state index in [-0.39, 0.29) is 0 Å². The van der Waals surface area contributed by atoms with Gasteiger partial charge in [-0.05, 0) is 69.4 Å². The van der Waals surface area contributed by atoms with Gasteiger partial charge in [-0.2, -0.15) is 5.10 Å². The minimum Gasteiger partial charge on any atom is -0.314 e. The normalized spacial score (nSPS) is 24.0. The smallest absolute Gasteiger partial charge is 0.0522 e. The minimum atomic E-state index is 0.764. The number of aromatic amines is 1. The summed E-state index contributed by atoms with van der Waals surface area (Å²) < 4.78 is 0. The van der Waals surface area contributed by atoms with E-state index in [0.29, 0.717) is 0 Å². The summed E-state index contributed by atoms with van der Waals surface area (Å²) in [6.45, 7) is 7.97. The SMILES string of the molecule is Cc1[nH]ncc1CCCNC1CCC(C(C)C)CC1. The van der Waals surface area contributed by atoms with Crippen molar-refractivity contribution in [2.45, 2.75) is 65.3 Å². The molecule has 3 nitrogen and oxygen atoms in total. The standard InChI is InChI=1S/C16H29N3/c1-12(2)14-6-8-16(9-7-14)17-10-4-5-15-11-18-19-13(15)3/h11-12,14,16-17H,4-10H2,1-3H3,(H,18,19). The zero-order chi connectivity index (χ0) is 13.7. The molecule has 108 valence electrons. The lowest BCUT2D eigenvalue weighted by Crippen LogP contribution is -2.34. The maximum absolute atomic E-state index is 4.07. The lowest BCUT2D eigenvalue weighted by atomic mass is 9.80. The maximum atomic E-state index is 4.07. The molecule has 0 unspecified atom stereocenters. The fourth-order valence-electron chi connectivity index (χ4n) is 3.20. The molecule has 3 heteroatoms. The summed E-state index contributed by atoms with van der Waals surface area (Å²) in [5.74, 6) is 1.83. The second-order valence-corrected chi connectivity index (χ2v) is 6.43. The zero-order valence-corrected chi connectivity index (χ0v) is 12.7. The number of hydrogen-bond donors (Lipinski definition) is 2. The van der Waals surface area contributed by atoms with Gasteiger partial charge in [-0.1, -0.05) is 13.8 Å². The molecule has 19 heavy (non-hydrogen) atoms. The highest BCUT2D eigenvalue weighted by Crippen LogP contribution is 2.29. The van der Waals surface area contributed by atoms with Crippen LogP contribution in [0.1, 0.15) is 57.2 Å². The van der Waals surface area contributed by atoms with E-state index in [9.17, 15) is 0 Å². The third-order valence-corrected chi connectivity index (χ3v) is 4.70. The average molecular weight is 263 g/mol. The summed E-state index contributed by atoms with van der Waals surface area (Å²) in [5.41, 5.74) is 2.59. The second kappa shape index (κ2) is 7.09. The Morgan fingerprint density at radius 3 is 2.63 bits per heavy atom. The first-order valence-corrected chi connectivity index (χ1v) is 7.89. The topological polar surface area (TPSA) is 40.7 Å². The van der Waals surface area contributed by atoms with Crippen LogP contribution in [-0.4, -0.2) is 22.8 Å². The number of H-pyrrole nitrogens is 1. The largest absolute Gasteiger partial charge is 0.314 e. The Morgan fingerprint density at radius 1 is 1.32 bits per heavy atom. The van der Waals surface area contributed by atoms with Gasteiger partial charge >= 0.3 is 0 Å². The molecular weight excluding hydrogens is 234 g/mol. The number of aryl methyl sites for hydroxylation is 2. The van der Waals surface area contributed by atoms with Crippen molar-refractivity contribution in [2.24, 2.45) is 11.8 Å². The Hall–Kier alpha value is -0.830. The van der Waals surface area contributed by atoms with Gasteiger partial charge in [0, 0.05) is 11.7 Å². The summed E-state index contributed by atoms with van der Waals surface area (Å²) in [7, 11) is 0. The van der Waals surface area contributed by atoms with Crippen LogP contribution >= 0.6 is 0 Å². The maximum Gasteiger partial charge on any atom is 0.0522 e. The lowest BCUT2D eigenvalue weighted by molar-refractivity contribution is 0.239. The van der Waals surface area contributed by atoms with Crippen molar-refractivity contribution < 1.29 is 0 Å². The van der Waals surface area contributed by atoms with Gasteiger partial charge in [-0.25, -0.2) is 0 Å². The molecule has 1 aliphatic carbocycles. The highest BCUT2D eigenvalue weighted by atomic mass is 15.1. The van der Waals surface area contributed by atoms with Crippen molar-refractivity contribution in [1.82, 2.24) is 15.5 Å². The van der Waals surface area contributed by atoms with Gasteiger partial charge in [-0.15, -0.1) is 0 Å². The summed E-state index contributed by atoms with van der Waals surface area (Å²) in [6.07, 6.45) is 9.87. The zero-order valence-electron chi connectivity index (χ0n) is 12.7. The van der Waals surface area contributed by atoms with Crippen molar-refractivity contribution in [3.05, 3.63) is 17.5 Å². The van der Waals surface area contributed by atoms with Crippen LogP contribution < -0.4 is 5.32 Å². The Morgan fingerprint density at radius 2 is 2.05 bits per heavy atom. The van der Waals surface area contributed by atoms with E-state index in [1.165, 1.54) is 43.4 Å². The average Bonchev–Trinajstić information content (AvgIpc) is 2.81. The van der Waals surface area contributed by atoms with Gasteiger partial charge in [0.25, 0.3) is 0 Å². The molecule has 0 saturated heterocycles. The molecule has 1 fully saturated rings. The molecule has 0 amide bonds. The van der Waals surface area contributed by atoms with Crippen LogP contribution in [0.5, 0.6) is 0 Å². The third-order valence-electron chi connectivity index (χ3n) is 4.70. The molecule has 1 aliphatic rings. The fourth-order valence-corrected chi connectivity index (χ4v) is 3.20. The summed E-state index contributed by atoms with van der Waals surface area (Å²) in [4.78, 5) is 0. The highest BCUT2D eigenvalue weighted by molar-refractivity contribution is 5.14. The van der Waals surface area contributed by atoms with Crippen molar-refractivity contribution >= 4 is 0 Å². The summed E-state index contributed by atoms with van der Waals surface area (Å²) in [5, 5.41) is 10.8. The van der Waals surface area contributed by atoms with Crippen LogP contribution in [0, 0.1) is 18.8 Å². The first-order valence-electron chi connectivity index (χ1n) is 7.89. The molecule has 0 aliphatic heterocycles. The first kappa shape index (κ1) is 14.6. The van der Waals surface area contributed by atoms with E-state index >= 15 is 0 Å². The summed E-state index contributed by atoms with van der Waals surface area (Å²) in [6, 6.07) is 0.764. The van der Waals surface area contributed by atoms with Gasteiger partial charge in [0.1, 0.15) is 0 Å². The molecule has 0 radical (unpaired) electrons. The van der Waals surface area contributed by atoms with Gasteiger partial charge in [0.2, 0.25) is 0 Å². The molecule has 1 heterocycles. The van der Waals surface area contributed by atoms with E-state index in [0.717, 1.165) is 30.8 Å². The van der Waals surface area contributed by atoms with Crippen LogP contribution in [-0.2, 0) is 6.42 Å². The number of nitrogens with zero attached hydrogens (tertiary/aromatic N) is 1. The molecular formula is C16H29N3. The van der Waals surface area contributed by atoms with Crippen LogP contribution in [0.25, 0.3) is 0 Å². The van der Waals surface area contributed by atoms with Crippen LogP contribution in [0.4, 0.5) is 0 Å². The van der Waals surface area contributed by atoms with Crippen LogP contribution in [0.15, 0.2) is 6.20 Å². The van der Waals surface area contributed by atoms with Crippen LogP contribution in [0.3, 0.4) is 0 Å². The molecule has 0 bridgehead atoms. The molecule has 2 rings (SSSR count). The monoisotopic (exact) mass is 263 g/mol. The summed E-state index contributed by atoms with van der Waals surface area (Å²) >= 11 is 0. The predicted octanol–water partition coefficient (Wildman–Crippen LogP) is 3.46. The predicted molar refractivity (Wildman–Crippen MR) is 80.2 cm³/mol. The number of rotatable bonds is 6. The number of hydrogen-bond acceptors (Lipinski definition) is 2. The van der Waals surface area contributed by atoms with E-state index in [2.05, 4.69) is 36.3 Å². The molecule has 0 aromatic carbocycles. The Labute approximate surface area is 117 Å². The number of aromatic nitrogens is 2. The molecule has 2 N–H and O–H groups in total. The van der Waals surface area contributed by atoms with Gasteiger partial charge in [-0.3, -0.25) is 5.10 Å². The van der Waals surface area contributed by atoms with Crippen LogP contribution in [0.2, 0.25) is 0 Å². The van der Waals surface area contributed by atoms with Gasteiger partial charge in [0.05, 0.1) is 6.20 Å². The third kappa shape index (κ3) is 4.34. The van der Waals surface area contributed by atoms with E-state index in [4.69, 9.17) is 0 Å². The molecule has 0 spiro atoms. The quantitative estimate of drug-likeness (QED) is 0.772. The molecule has 1 aromatic heterocycles. The van der Waals surface area contributed by atoms with Gasteiger partial charge in [0.15, 0.2) is 0 Å². The molecule has 1 saturated carbocycles. The minimum absolute atomic E-state index is 0.764. The Kier molecular flexibility index (Phi) is 5.44. The van der Waals surface area contributed by atoms with Crippen molar-refractivity contribution in [3.8, 4) is 0 Å². The van der Waals surface area contributed by atoms with Crippen molar-refractivity contribution in [3.63, 3.8) is 0 Å². The van der Waals surface area contributed by atoms with Crippen molar-refractivity contribution in [1.29, 1.82) is 0 Å². The Bertz CT molecular complexity index is 362. The second-order valence-electron chi connectivity index (χ2n) is 6.43. The van der Waals surface area contributed by atoms with Gasteiger partial charge < -0.3 is 5.32 Å². The van der Waals surface area contributed by atoms with E-state index in [1.807, 2.05) is 6.20 Å². The van der Waals surface area contributed by atoms with E-state index in [1.54, 1.807) is 0 Å². The van der Waals surface area contributed by atoms with E-state index < -0.39 is 0 Å². The fraction of sp³-hybridized carbons (Fsp3) is 0.812. The highest BCUT2D eigenvalue weighted by Gasteiger charge is 2.22. The molecule has 1 aromatic rings. The first-order chi connectivity index (χ1) is 9.16.